The SMILES string of the molecule is O=C(Nc1cc(=O)c2nc(-c3cc(Cl)c4ncccc4c3)c(-c3ccccc3)nc2[nH]1)OCC1CCCC1. The van der Waals surface area contributed by atoms with Crippen molar-refractivity contribution in [2.45, 2.75) is 25.7 Å². The summed E-state index contributed by atoms with van der Waals surface area (Å²) in [7, 11) is 0. The van der Waals surface area contributed by atoms with Gasteiger partial charge in [0.15, 0.2) is 11.2 Å². The zero-order valence-electron chi connectivity index (χ0n) is 20.4. The number of ether oxygens (including phenoxy) is 1. The molecule has 1 aliphatic carbocycles. The van der Waals surface area contributed by atoms with E-state index in [1.54, 1.807) is 12.3 Å². The van der Waals surface area contributed by atoms with E-state index in [-0.39, 0.29) is 22.4 Å². The van der Waals surface area contributed by atoms with Gasteiger partial charge in [0.05, 0.1) is 28.5 Å². The third-order valence-electron chi connectivity index (χ3n) is 6.80. The fraction of sp³-hybridized carbons (Fsp3) is 0.207. The van der Waals surface area contributed by atoms with Crippen LogP contribution in [0.5, 0.6) is 0 Å². The van der Waals surface area contributed by atoms with Crippen molar-refractivity contribution < 1.29 is 9.53 Å². The first kappa shape index (κ1) is 24.1. The van der Waals surface area contributed by atoms with Gasteiger partial charge < -0.3 is 9.72 Å². The second-order valence-corrected chi connectivity index (χ2v) is 9.85. The lowest BCUT2D eigenvalue weighted by Crippen LogP contribution is -2.20. The van der Waals surface area contributed by atoms with E-state index in [4.69, 9.17) is 26.3 Å². The molecule has 1 fully saturated rings. The quantitative estimate of drug-likeness (QED) is 0.268. The zero-order valence-corrected chi connectivity index (χ0v) is 21.2. The van der Waals surface area contributed by atoms with Gasteiger partial charge in [-0.3, -0.25) is 15.1 Å². The number of hydrogen-bond acceptors (Lipinski definition) is 6. The number of aromatic nitrogens is 4. The van der Waals surface area contributed by atoms with Crippen molar-refractivity contribution in [3.63, 3.8) is 0 Å². The molecule has 190 valence electrons. The van der Waals surface area contributed by atoms with E-state index in [2.05, 4.69) is 15.3 Å². The second-order valence-electron chi connectivity index (χ2n) is 9.44. The molecule has 2 N–H and O–H groups in total. The summed E-state index contributed by atoms with van der Waals surface area (Å²) >= 11 is 6.57. The van der Waals surface area contributed by atoms with Crippen molar-refractivity contribution in [1.82, 2.24) is 19.9 Å². The minimum Gasteiger partial charge on any atom is -0.449 e. The summed E-state index contributed by atoms with van der Waals surface area (Å²) in [6.07, 6.45) is 5.55. The van der Waals surface area contributed by atoms with Gasteiger partial charge in [0.25, 0.3) is 0 Å². The standard InChI is InChI=1S/C29H24ClN5O3/c30-21-14-20(13-19-11-6-12-31-24(19)21)26-25(18-9-2-1-3-10-18)35-28-27(34-26)22(36)15-23(32-28)33-29(37)38-16-17-7-4-5-8-17/h1-3,6,9-15,17H,4-5,7-8,16H2,(H2,32,33,35,36,37). The van der Waals surface area contributed by atoms with Crippen LogP contribution in [0.1, 0.15) is 25.7 Å². The highest BCUT2D eigenvalue weighted by Crippen LogP contribution is 2.34. The number of aromatic amines is 1. The molecular formula is C29H24ClN5O3. The van der Waals surface area contributed by atoms with Gasteiger partial charge in [-0.25, -0.2) is 14.8 Å². The molecule has 0 unspecified atom stereocenters. The summed E-state index contributed by atoms with van der Waals surface area (Å²) in [5.41, 5.74) is 3.29. The van der Waals surface area contributed by atoms with Gasteiger partial charge in [-0.2, -0.15) is 0 Å². The van der Waals surface area contributed by atoms with E-state index >= 15 is 0 Å². The van der Waals surface area contributed by atoms with Gasteiger partial charge >= 0.3 is 6.09 Å². The lowest BCUT2D eigenvalue weighted by molar-refractivity contribution is 0.142. The number of fused-ring (bicyclic) bond motifs is 2. The Morgan fingerprint density at radius 3 is 2.58 bits per heavy atom. The molecule has 38 heavy (non-hydrogen) atoms. The number of benzene rings is 2. The lowest BCUT2D eigenvalue weighted by Gasteiger charge is -2.13. The van der Waals surface area contributed by atoms with Crippen molar-refractivity contribution in [3.05, 3.63) is 82.1 Å². The summed E-state index contributed by atoms with van der Waals surface area (Å²) in [4.78, 5) is 42.4. The highest BCUT2D eigenvalue weighted by Gasteiger charge is 2.19. The molecule has 3 heterocycles. The summed E-state index contributed by atoms with van der Waals surface area (Å²) in [6, 6.07) is 18.3. The Morgan fingerprint density at radius 2 is 1.76 bits per heavy atom. The molecule has 1 amide bonds. The number of amides is 1. The Morgan fingerprint density at radius 1 is 0.974 bits per heavy atom. The number of pyridine rings is 2. The summed E-state index contributed by atoms with van der Waals surface area (Å²) in [5.74, 6) is 0.591. The molecule has 0 bridgehead atoms. The highest BCUT2D eigenvalue weighted by molar-refractivity contribution is 6.35. The van der Waals surface area contributed by atoms with Crippen LogP contribution in [0.4, 0.5) is 10.6 Å². The number of carbonyl (C=O) groups is 1. The van der Waals surface area contributed by atoms with Gasteiger partial charge in [-0.1, -0.05) is 60.8 Å². The third-order valence-corrected chi connectivity index (χ3v) is 7.09. The topological polar surface area (TPSA) is 110 Å². The van der Waals surface area contributed by atoms with Crippen molar-refractivity contribution >= 4 is 45.6 Å². The van der Waals surface area contributed by atoms with Crippen molar-refractivity contribution in [3.8, 4) is 22.5 Å². The number of hydrogen-bond donors (Lipinski definition) is 2. The Balaban J connectivity index is 1.42. The smallest absolute Gasteiger partial charge is 0.412 e. The molecular weight excluding hydrogens is 502 g/mol. The third kappa shape index (κ3) is 4.82. The predicted molar refractivity (Wildman–Crippen MR) is 148 cm³/mol. The molecule has 8 nitrogen and oxygen atoms in total. The maximum absolute atomic E-state index is 13.1. The Kier molecular flexibility index (Phi) is 6.47. The van der Waals surface area contributed by atoms with Crippen molar-refractivity contribution in [2.75, 3.05) is 11.9 Å². The first-order chi connectivity index (χ1) is 18.5. The highest BCUT2D eigenvalue weighted by atomic mass is 35.5. The first-order valence-electron chi connectivity index (χ1n) is 12.5. The lowest BCUT2D eigenvalue weighted by atomic mass is 10.0. The fourth-order valence-electron chi connectivity index (χ4n) is 4.92. The van der Waals surface area contributed by atoms with Crippen LogP contribution < -0.4 is 10.7 Å². The van der Waals surface area contributed by atoms with E-state index in [1.807, 2.05) is 48.5 Å². The molecule has 5 aromatic rings. The molecule has 1 saturated carbocycles. The molecule has 2 aromatic carbocycles. The number of carbonyl (C=O) groups excluding carboxylic acids is 1. The van der Waals surface area contributed by atoms with Gasteiger partial charge in [0, 0.05) is 28.8 Å². The van der Waals surface area contributed by atoms with Gasteiger partial charge in [0.2, 0.25) is 5.43 Å². The molecule has 1 aliphatic rings. The average Bonchev–Trinajstić information content (AvgIpc) is 3.46. The molecule has 0 spiro atoms. The largest absolute Gasteiger partial charge is 0.449 e. The van der Waals surface area contributed by atoms with Crippen molar-refractivity contribution in [1.29, 1.82) is 0 Å². The van der Waals surface area contributed by atoms with Crippen LogP contribution in [0, 0.1) is 5.92 Å². The molecule has 9 heteroatoms. The van der Waals surface area contributed by atoms with Crippen LogP contribution in [-0.4, -0.2) is 32.6 Å². The molecule has 3 aromatic heterocycles. The Bertz CT molecular complexity index is 1720. The predicted octanol–water partition coefficient (Wildman–Crippen LogP) is 6.59. The number of anilines is 1. The fourth-order valence-corrected chi connectivity index (χ4v) is 5.20. The minimum absolute atomic E-state index is 0.145. The maximum atomic E-state index is 13.1. The van der Waals surface area contributed by atoms with Crippen LogP contribution in [0.2, 0.25) is 5.02 Å². The van der Waals surface area contributed by atoms with Crippen molar-refractivity contribution in [2.24, 2.45) is 5.92 Å². The average molecular weight is 526 g/mol. The summed E-state index contributed by atoms with van der Waals surface area (Å²) < 4.78 is 5.37. The van der Waals surface area contributed by atoms with Crippen LogP contribution in [0.15, 0.2) is 71.7 Å². The minimum atomic E-state index is -0.612. The van der Waals surface area contributed by atoms with Gasteiger partial charge in [-0.05, 0) is 37.0 Å². The van der Waals surface area contributed by atoms with Crippen LogP contribution >= 0.6 is 11.6 Å². The summed E-state index contributed by atoms with van der Waals surface area (Å²) in [6.45, 7) is 0.370. The van der Waals surface area contributed by atoms with Crippen LogP contribution in [-0.2, 0) is 4.74 Å². The monoisotopic (exact) mass is 525 g/mol. The zero-order chi connectivity index (χ0) is 26.1. The van der Waals surface area contributed by atoms with E-state index in [9.17, 15) is 9.59 Å². The van der Waals surface area contributed by atoms with E-state index in [0.29, 0.717) is 40.0 Å². The first-order valence-corrected chi connectivity index (χ1v) is 12.9. The molecule has 0 radical (unpaired) electrons. The van der Waals surface area contributed by atoms with Gasteiger partial charge in [-0.15, -0.1) is 0 Å². The Labute approximate surface area is 223 Å². The maximum Gasteiger partial charge on any atom is 0.412 e. The van der Waals surface area contributed by atoms with E-state index in [1.165, 1.54) is 18.9 Å². The number of halogens is 1. The number of nitrogens with one attached hydrogen (secondary N) is 2. The molecule has 6 rings (SSSR count). The normalized spacial score (nSPS) is 13.7. The number of nitrogens with zero attached hydrogens (tertiary/aromatic N) is 3. The number of rotatable bonds is 5. The second kappa shape index (κ2) is 10.2. The molecule has 0 saturated heterocycles. The van der Waals surface area contributed by atoms with E-state index < -0.39 is 6.09 Å². The summed E-state index contributed by atoms with van der Waals surface area (Å²) in [5, 5.41) is 3.95. The molecule has 0 atom stereocenters. The van der Waals surface area contributed by atoms with Crippen LogP contribution in [0.3, 0.4) is 0 Å². The molecule has 0 aliphatic heterocycles. The number of H-pyrrole nitrogens is 1. The van der Waals surface area contributed by atoms with E-state index in [0.717, 1.165) is 23.8 Å². The Hall–Kier alpha value is -4.30. The van der Waals surface area contributed by atoms with Gasteiger partial charge in [0.1, 0.15) is 5.82 Å². The van der Waals surface area contributed by atoms with Crippen LogP contribution in [0.25, 0.3) is 44.6 Å².